The van der Waals surface area contributed by atoms with Gasteiger partial charge in [-0.2, -0.15) is 11.8 Å². The third kappa shape index (κ3) is 4.12. The highest BCUT2D eigenvalue weighted by Crippen LogP contribution is 2.27. The first-order chi connectivity index (χ1) is 9.24. The second-order valence-corrected chi connectivity index (χ2v) is 7.06. The van der Waals surface area contributed by atoms with Crippen molar-refractivity contribution >= 4 is 17.7 Å². The summed E-state index contributed by atoms with van der Waals surface area (Å²) in [6, 6.07) is 0.434. The van der Waals surface area contributed by atoms with E-state index in [0.717, 1.165) is 25.3 Å². The first-order valence-corrected chi connectivity index (χ1v) is 9.10. The molecule has 1 heterocycles. The van der Waals surface area contributed by atoms with Crippen molar-refractivity contribution in [1.29, 1.82) is 0 Å². The molecular weight excluding hydrogens is 256 g/mol. The van der Waals surface area contributed by atoms with Crippen LogP contribution >= 0.6 is 11.8 Å². The minimum Gasteiger partial charge on any atom is -0.351 e. The van der Waals surface area contributed by atoms with E-state index in [2.05, 4.69) is 23.8 Å². The predicted molar refractivity (Wildman–Crippen MR) is 82.5 cm³/mol. The second kappa shape index (κ2) is 7.53. The van der Waals surface area contributed by atoms with Crippen LogP contribution in [0.4, 0.5) is 0 Å². The first-order valence-electron chi connectivity index (χ1n) is 7.81. The smallest absolute Gasteiger partial charge is 0.237 e. The molecule has 0 radical (unpaired) electrons. The Labute approximate surface area is 121 Å². The number of amides is 1. The third-order valence-corrected chi connectivity index (χ3v) is 5.91. The molecule has 1 aliphatic heterocycles. The lowest BCUT2D eigenvalue weighted by Crippen LogP contribution is -2.53. The minimum atomic E-state index is 0.0446. The molecule has 1 aliphatic carbocycles. The van der Waals surface area contributed by atoms with Gasteiger partial charge < -0.3 is 10.6 Å². The molecule has 2 rings (SSSR count). The number of carbonyl (C=O) groups is 1. The van der Waals surface area contributed by atoms with Gasteiger partial charge in [0.15, 0.2) is 0 Å². The SMILES string of the molecule is CCC1CCNC(C(=O)NC2CCCCC2SC)C1. The number of hydrogen-bond donors (Lipinski definition) is 2. The lowest BCUT2D eigenvalue weighted by atomic mass is 9.89. The monoisotopic (exact) mass is 284 g/mol. The van der Waals surface area contributed by atoms with Crippen molar-refractivity contribution in [2.24, 2.45) is 5.92 Å². The zero-order valence-electron chi connectivity index (χ0n) is 12.3. The van der Waals surface area contributed by atoms with E-state index in [4.69, 9.17) is 0 Å². The number of hydrogen-bond acceptors (Lipinski definition) is 3. The lowest BCUT2D eigenvalue weighted by Gasteiger charge is -2.34. The summed E-state index contributed by atoms with van der Waals surface area (Å²) in [4.78, 5) is 12.4. The van der Waals surface area contributed by atoms with Crippen molar-refractivity contribution < 1.29 is 4.79 Å². The molecule has 0 spiro atoms. The summed E-state index contributed by atoms with van der Waals surface area (Å²) in [6.45, 7) is 3.23. The van der Waals surface area contributed by atoms with Gasteiger partial charge in [0.2, 0.25) is 5.91 Å². The van der Waals surface area contributed by atoms with Crippen molar-refractivity contribution in [3.63, 3.8) is 0 Å². The van der Waals surface area contributed by atoms with Gasteiger partial charge >= 0.3 is 0 Å². The van der Waals surface area contributed by atoms with Crippen LogP contribution in [-0.4, -0.2) is 36.0 Å². The van der Waals surface area contributed by atoms with Gasteiger partial charge in [-0.1, -0.05) is 26.2 Å². The Kier molecular flexibility index (Phi) is 6.02. The molecule has 19 heavy (non-hydrogen) atoms. The van der Waals surface area contributed by atoms with Crippen LogP contribution in [0.2, 0.25) is 0 Å². The maximum absolute atomic E-state index is 12.4. The Morgan fingerprint density at radius 1 is 1.32 bits per heavy atom. The molecule has 2 fully saturated rings. The topological polar surface area (TPSA) is 41.1 Å². The van der Waals surface area contributed by atoms with E-state index < -0.39 is 0 Å². The molecule has 4 unspecified atom stereocenters. The Bertz CT molecular complexity index is 298. The van der Waals surface area contributed by atoms with Gasteiger partial charge in [0.25, 0.3) is 0 Å². The molecule has 0 aromatic heterocycles. The minimum absolute atomic E-state index is 0.0446. The maximum atomic E-state index is 12.4. The number of carbonyl (C=O) groups excluding carboxylic acids is 1. The molecule has 110 valence electrons. The zero-order chi connectivity index (χ0) is 13.7. The molecule has 3 nitrogen and oxygen atoms in total. The second-order valence-electron chi connectivity index (χ2n) is 5.98. The molecule has 0 aromatic carbocycles. The van der Waals surface area contributed by atoms with Crippen LogP contribution in [0, 0.1) is 5.92 Å². The van der Waals surface area contributed by atoms with Gasteiger partial charge in [0, 0.05) is 11.3 Å². The van der Waals surface area contributed by atoms with E-state index in [1.54, 1.807) is 0 Å². The van der Waals surface area contributed by atoms with Gasteiger partial charge in [-0.25, -0.2) is 0 Å². The van der Waals surface area contributed by atoms with Gasteiger partial charge in [0.1, 0.15) is 0 Å². The Hall–Kier alpha value is -0.220. The number of thioether (sulfide) groups is 1. The Morgan fingerprint density at radius 2 is 2.11 bits per heavy atom. The van der Waals surface area contributed by atoms with E-state index in [0.29, 0.717) is 11.3 Å². The fourth-order valence-corrected chi connectivity index (χ4v) is 4.33. The molecule has 1 saturated carbocycles. The summed E-state index contributed by atoms with van der Waals surface area (Å²) in [7, 11) is 0. The molecule has 0 bridgehead atoms. The molecule has 2 N–H and O–H groups in total. The van der Waals surface area contributed by atoms with E-state index in [-0.39, 0.29) is 11.9 Å². The van der Waals surface area contributed by atoms with Crippen molar-refractivity contribution in [3.8, 4) is 0 Å². The van der Waals surface area contributed by atoms with Crippen molar-refractivity contribution in [3.05, 3.63) is 0 Å². The normalized spacial score (nSPS) is 35.9. The molecule has 1 amide bonds. The summed E-state index contributed by atoms with van der Waals surface area (Å²) in [5.41, 5.74) is 0. The average molecular weight is 284 g/mol. The fourth-order valence-electron chi connectivity index (χ4n) is 3.39. The van der Waals surface area contributed by atoms with Crippen molar-refractivity contribution in [1.82, 2.24) is 10.6 Å². The van der Waals surface area contributed by atoms with E-state index in [1.165, 1.54) is 32.1 Å². The maximum Gasteiger partial charge on any atom is 0.237 e. The fraction of sp³-hybridized carbons (Fsp3) is 0.933. The highest BCUT2D eigenvalue weighted by molar-refractivity contribution is 7.99. The summed E-state index contributed by atoms with van der Waals surface area (Å²) in [5.74, 6) is 0.962. The average Bonchev–Trinajstić information content (AvgIpc) is 2.47. The van der Waals surface area contributed by atoms with Gasteiger partial charge in [0.05, 0.1) is 6.04 Å². The standard InChI is InChI=1S/C15H28N2OS/c1-3-11-8-9-16-13(10-11)15(18)17-12-6-4-5-7-14(12)19-2/h11-14,16H,3-10H2,1-2H3,(H,17,18). The van der Waals surface area contributed by atoms with Crippen LogP contribution in [0.25, 0.3) is 0 Å². The molecule has 4 atom stereocenters. The predicted octanol–water partition coefficient (Wildman–Crippen LogP) is 2.55. The Balaban J connectivity index is 1.85. The van der Waals surface area contributed by atoms with E-state index in [1.807, 2.05) is 11.8 Å². The molecule has 4 heteroatoms. The largest absolute Gasteiger partial charge is 0.351 e. The first kappa shape index (κ1) is 15.2. The Morgan fingerprint density at radius 3 is 2.84 bits per heavy atom. The van der Waals surface area contributed by atoms with Crippen molar-refractivity contribution in [2.75, 3.05) is 12.8 Å². The van der Waals surface area contributed by atoms with Crippen LogP contribution < -0.4 is 10.6 Å². The summed E-state index contributed by atoms with van der Waals surface area (Å²) < 4.78 is 0. The highest BCUT2D eigenvalue weighted by atomic mass is 32.2. The van der Waals surface area contributed by atoms with Crippen LogP contribution in [0.1, 0.15) is 51.9 Å². The number of nitrogens with one attached hydrogen (secondary N) is 2. The number of piperidine rings is 1. The highest BCUT2D eigenvalue weighted by Gasteiger charge is 2.30. The quantitative estimate of drug-likeness (QED) is 0.833. The lowest BCUT2D eigenvalue weighted by molar-refractivity contribution is -0.125. The molecular formula is C15H28N2OS. The van der Waals surface area contributed by atoms with Crippen LogP contribution in [0.3, 0.4) is 0 Å². The van der Waals surface area contributed by atoms with Crippen molar-refractivity contribution in [2.45, 2.75) is 69.2 Å². The zero-order valence-corrected chi connectivity index (χ0v) is 13.1. The van der Waals surface area contributed by atoms with Gasteiger partial charge in [-0.15, -0.1) is 0 Å². The van der Waals surface area contributed by atoms with Crippen LogP contribution in [-0.2, 0) is 4.79 Å². The van der Waals surface area contributed by atoms with Gasteiger partial charge in [-0.05, 0) is 44.4 Å². The third-order valence-electron chi connectivity index (χ3n) is 4.74. The van der Waals surface area contributed by atoms with Crippen LogP contribution in [0.5, 0.6) is 0 Å². The van der Waals surface area contributed by atoms with Crippen LogP contribution in [0.15, 0.2) is 0 Å². The molecule has 2 aliphatic rings. The summed E-state index contributed by atoms with van der Waals surface area (Å²) in [6.07, 6.45) is 10.6. The molecule has 1 saturated heterocycles. The molecule has 0 aromatic rings. The summed E-state index contributed by atoms with van der Waals surface area (Å²) in [5, 5.41) is 7.31. The van der Waals surface area contributed by atoms with E-state index in [9.17, 15) is 4.79 Å². The number of rotatable bonds is 4. The van der Waals surface area contributed by atoms with E-state index >= 15 is 0 Å². The van der Waals surface area contributed by atoms with Gasteiger partial charge in [-0.3, -0.25) is 4.79 Å². The summed E-state index contributed by atoms with van der Waals surface area (Å²) >= 11 is 1.91.